The van der Waals surface area contributed by atoms with E-state index >= 15 is 0 Å². The predicted molar refractivity (Wildman–Crippen MR) is 124 cm³/mol. The number of imide groups is 1. The molecule has 4 rings (SSSR count). The van der Waals surface area contributed by atoms with Gasteiger partial charge in [0.15, 0.2) is 0 Å². The normalized spacial score (nSPS) is 15.2. The highest BCUT2D eigenvalue weighted by Crippen LogP contribution is 2.33. The number of carbonyl (C=O) groups is 3. The molecule has 0 unspecified atom stereocenters. The Hall–Kier alpha value is -3.16. The van der Waals surface area contributed by atoms with Crippen LogP contribution >= 0.6 is 23.1 Å². The highest BCUT2D eigenvalue weighted by Gasteiger charge is 2.37. The van der Waals surface area contributed by atoms with Gasteiger partial charge in [-0.05, 0) is 40.4 Å². The van der Waals surface area contributed by atoms with Crippen molar-refractivity contribution in [2.24, 2.45) is 0 Å². The van der Waals surface area contributed by atoms with Gasteiger partial charge in [-0.1, -0.05) is 66.7 Å². The lowest BCUT2D eigenvalue weighted by Crippen LogP contribution is -2.42. The Bertz CT molecular complexity index is 1070. The first-order valence-electron chi connectivity index (χ1n) is 9.69. The fourth-order valence-electron chi connectivity index (χ4n) is 3.44. The van der Waals surface area contributed by atoms with Crippen LogP contribution in [0.2, 0.25) is 0 Å². The lowest BCUT2D eigenvalue weighted by Gasteiger charge is -2.30. The molecule has 0 radical (unpaired) electrons. The maximum Gasteiger partial charge on any atom is 0.294 e. The molecule has 2 aromatic carbocycles. The monoisotopic (exact) mass is 448 g/mol. The van der Waals surface area contributed by atoms with Gasteiger partial charge in [-0.2, -0.15) is 0 Å². The van der Waals surface area contributed by atoms with Crippen LogP contribution in [0.15, 0.2) is 83.1 Å². The first-order chi connectivity index (χ1) is 15.0. The second kappa shape index (κ2) is 9.32. The number of hydrogen-bond acceptors (Lipinski definition) is 5. The van der Waals surface area contributed by atoms with Crippen LogP contribution in [-0.2, 0) is 9.59 Å². The van der Waals surface area contributed by atoms with Gasteiger partial charge in [-0.3, -0.25) is 19.3 Å². The summed E-state index contributed by atoms with van der Waals surface area (Å²) in [5.41, 5.74) is 1.91. The Balaban J connectivity index is 1.55. The first kappa shape index (κ1) is 21.1. The molecule has 1 aliphatic rings. The smallest absolute Gasteiger partial charge is 0.294 e. The van der Waals surface area contributed by atoms with Crippen molar-refractivity contribution >= 4 is 46.2 Å². The van der Waals surface area contributed by atoms with Crippen LogP contribution < -0.4 is 0 Å². The molecule has 0 N–H and O–H groups in total. The fourth-order valence-corrected chi connectivity index (χ4v) is 5.00. The van der Waals surface area contributed by atoms with E-state index in [0.29, 0.717) is 4.91 Å². The van der Waals surface area contributed by atoms with Crippen LogP contribution in [-0.4, -0.2) is 40.4 Å². The standard InChI is InChI=1S/C24H20N2O3S2/c1-25(22(17-9-4-2-5-10-17)18-11-6-3-7-12-18)21(27)16-26-23(28)20(31-24(26)29)15-19-13-8-14-30-19/h2-15,22H,16H2,1H3/b20-15-. The summed E-state index contributed by atoms with van der Waals surface area (Å²) >= 11 is 2.35. The molecule has 0 spiro atoms. The summed E-state index contributed by atoms with van der Waals surface area (Å²) in [7, 11) is 1.70. The second-order valence-electron chi connectivity index (χ2n) is 7.01. The summed E-state index contributed by atoms with van der Waals surface area (Å²) < 4.78 is 0. The van der Waals surface area contributed by atoms with Gasteiger partial charge in [0.2, 0.25) is 5.91 Å². The van der Waals surface area contributed by atoms with Crippen molar-refractivity contribution in [3.05, 3.63) is 99.1 Å². The van der Waals surface area contributed by atoms with Gasteiger partial charge in [0.1, 0.15) is 6.54 Å². The summed E-state index contributed by atoms with van der Waals surface area (Å²) in [4.78, 5) is 42.2. The Morgan fingerprint density at radius 1 is 0.968 bits per heavy atom. The number of carbonyl (C=O) groups excluding carboxylic acids is 3. The third-order valence-corrected chi connectivity index (χ3v) is 6.72. The maximum atomic E-state index is 13.2. The Morgan fingerprint density at radius 2 is 1.58 bits per heavy atom. The zero-order valence-electron chi connectivity index (χ0n) is 16.8. The summed E-state index contributed by atoms with van der Waals surface area (Å²) in [5.74, 6) is -0.737. The molecule has 156 valence electrons. The largest absolute Gasteiger partial charge is 0.333 e. The zero-order chi connectivity index (χ0) is 21.8. The van der Waals surface area contributed by atoms with Crippen molar-refractivity contribution in [3.8, 4) is 0 Å². The summed E-state index contributed by atoms with van der Waals surface area (Å²) in [6, 6.07) is 22.8. The molecule has 5 nitrogen and oxygen atoms in total. The van der Waals surface area contributed by atoms with Crippen molar-refractivity contribution in [3.63, 3.8) is 0 Å². The number of likely N-dealkylation sites (N-methyl/N-ethyl adjacent to an activating group) is 1. The molecule has 0 atom stereocenters. The number of thioether (sulfide) groups is 1. The van der Waals surface area contributed by atoms with Gasteiger partial charge in [0.25, 0.3) is 11.1 Å². The molecule has 31 heavy (non-hydrogen) atoms. The van der Waals surface area contributed by atoms with Crippen molar-refractivity contribution in [1.29, 1.82) is 0 Å². The van der Waals surface area contributed by atoms with Gasteiger partial charge in [-0.25, -0.2) is 0 Å². The molecule has 3 aromatic rings. The van der Waals surface area contributed by atoms with Crippen LogP contribution in [0.5, 0.6) is 0 Å². The lowest BCUT2D eigenvalue weighted by molar-refractivity contribution is -0.136. The molecular formula is C24H20N2O3S2. The quantitative estimate of drug-likeness (QED) is 0.496. The van der Waals surface area contributed by atoms with E-state index in [-0.39, 0.29) is 18.5 Å². The molecule has 7 heteroatoms. The number of rotatable bonds is 6. The van der Waals surface area contributed by atoms with Crippen LogP contribution in [0.25, 0.3) is 6.08 Å². The highest BCUT2D eigenvalue weighted by atomic mass is 32.2. The zero-order valence-corrected chi connectivity index (χ0v) is 18.4. The van der Waals surface area contributed by atoms with Crippen molar-refractivity contribution in [2.75, 3.05) is 13.6 Å². The molecule has 0 aliphatic carbocycles. The predicted octanol–water partition coefficient (Wildman–Crippen LogP) is 5.03. The third kappa shape index (κ3) is 4.62. The average molecular weight is 449 g/mol. The van der Waals surface area contributed by atoms with E-state index in [9.17, 15) is 14.4 Å². The Morgan fingerprint density at radius 3 is 2.13 bits per heavy atom. The Kier molecular flexibility index (Phi) is 6.34. The third-order valence-electron chi connectivity index (χ3n) is 4.99. The van der Waals surface area contributed by atoms with Crippen molar-refractivity contribution < 1.29 is 14.4 Å². The minimum absolute atomic E-state index is 0.293. The van der Waals surface area contributed by atoms with E-state index in [2.05, 4.69) is 0 Å². The molecule has 1 aliphatic heterocycles. The van der Waals surface area contributed by atoms with Crippen molar-refractivity contribution in [2.45, 2.75) is 6.04 Å². The van der Waals surface area contributed by atoms with E-state index in [1.165, 1.54) is 11.3 Å². The number of benzene rings is 2. The number of thiophene rings is 1. The molecule has 1 fully saturated rings. The average Bonchev–Trinajstić information content (AvgIpc) is 3.39. The van der Waals surface area contributed by atoms with Crippen LogP contribution in [0.3, 0.4) is 0 Å². The van der Waals surface area contributed by atoms with Gasteiger partial charge in [-0.15, -0.1) is 11.3 Å². The number of amides is 3. The minimum Gasteiger partial charge on any atom is -0.333 e. The van der Waals surface area contributed by atoms with E-state index in [1.54, 1.807) is 18.0 Å². The maximum absolute atomic E-state index is 13.2. The van der Waals surface area contributed by atoms with E-state index in [4.69, 9.17) is 0 Å². The van der Waals surface area contributed by atoms with Gasteiger partial charge >= 0.3 is 0 Å². The fraction of sp³-hybridized carbons (Fsp3) is 0.125. The Labute approximate surface area is 189 Å². The number of hydrogen-bond donors (Lipinski definition) is 0. The molecule has 1 aromatic heterocycles. The van der Waals surface area contributed by atoms with Gasteiger partial charge in [0.05, 0.1) is 10.9 Å². The topological polar surface area (TPSA) is 57.7 Å². The minimum atomic E-state index is -0.430. The second-order valence-corrected chi connectivity index (χ2v) is 8.98. The van der Waals surface area contributed by atoms with E-state index in [1.807, 2.05) is 78.2 Å². The van der Waals surface area contributed by atoms with E-state index < -0.39 is 11.1 Å². The number of nitrogens with zero attached hydrogens (tertiary/aromatic N) is 2. The summed E-state index contributed by atoms with van der Waals surface area (Å²) in [6.07, 6.45) is 1.69. The highest BCUT2D eigenvalue weighted by molar-refractivity contribution is 8.18. The summed E-state index contributed by atoms with van der Waals surface area (Å²) in [6.45, 7) is -0.293. The first-order valence-corrected chi connectivity index (χ1v) is 11.4. The molecule has 1 saturated heterocycles. The van der Waals surface area contributed by atoms with E-state index in [0.717, 1.165) is 32.7 Å². The van der Waals surface area contributed by atoms with Crippen LogP contribution in [0.4, 0.5) is 4.79 Å². The summed E-state index contributed by atoms with van der Waals surface area (Å²) in [5, 5.41) is 1.48. The molecule has 0 saturated carbocycles. The lowest BCUT2D eigenvalue weighted by atomic mass is 9.97. The molecule has 3 amide bonds. The van der Waals surface area contributed by atoms with Gasteiger partial charge < -0.3 is 4.90 Å². The van der Waals surface area contributed by atoms with Crippen molar-refractivity contribution in [1.82, 2.24) is 9.80 Å². The molecule has 2 heterocycles. The SMILES string of the molecule is CN(C(=O)CN1C(=O)S/C(=C\c2cccs2)C1=O)C(c1ccccc1)c1ccccc1. The molecular weight excluding hydrogens is 428 g/mol. The van der Waals surface area contributed by atoms with Crippen LogP contribution in [0, 0.1) is 0 Å². The van der Waals surface area contributed by atoms with Crippen LogP contribution in [0.1, 0.15) is 22.0 Å². The van der Waals surface area contributed by atoms with Gasteiger partial charge in [0, 0.05) is 11.9 Å². The molecule has 0 bridgehead atoms.